The number of rotatable bonds is 6. The van der Waals surface area contributed by atoms with Crippen molar-refractivity contribution in [3.8, 4) is 5.75 Å². The van der Waals surface area contributed by atoms with Gasteiger partial charge in [-0.05, 0) is 25.1 Å². The predicted octanol–water partition coefficient (Wildman–Crippen LogP) is 2.27. The van der Waals surface area contributed by atoms with Crippen LogP contribution in [0, 0.1) is 0 Å². The van der Waals surface area contributed by atoms with E-state index < -0.39 is 24.0 Å². The largest absolute Gasteiger partial charge is 0.489 e. The minimum atomic E-state index is -1.12. The second-order valence-electron chi connectivity index (χ2n) is 5.37. The summed E-state index contributed by atoms with van der Waals surface area (Å²) in [5.74, 6) is -0.707. The van der Waals surface area contributed by atoms with E-state index in [0.717, 1.165) is 0 Å². The number of esters is 1. The van der Waals surface area contributed by atoms with E-state index in [-0.39, 0.29) is 6.61 Å². The molecule has 7 nitrogen and oxygen atoms in total. The Morgan fingerprint density at radius 2 is 1.65 bits per heavy atom. The van der Waals surface area contributed by atoms with Gasteiger partial charge in [-0.2, -0.15) is 0 Å². The lowest BCUT2D eigenvalue weighted by Crippen LogP contribution is -2.43. The van der Waals surface area contributed by atoms with E-state index in [9.17, 15) is 14.4 Å². The molecule has 0 saturated carbocycles. The van der Waals surface area contributed by atoms with Crippen LogP contribution >= 0.6 is 0 Å². The molecular weight excluding hydrogens is 336 g/mol. The number of amides is 3. The number of hydrogen-bond acceptors (Lipinski definition) is 5. The molecule has 26 heavy (non-hydrogen) atoms. The zero-order valence-corrected chi connectivity index (χ0v) is 14.5. The highest BCUT2D eigenvalue weighted by molar-refractivity contribution is 5.98. The average Bonchev–Trinajstić information content (AvgIpc) is 2.67. The third-order valence-corrected chi connectivity index (χ3v) is 3.49. The number of urea groups is 1. The van der Waals surface area contributed by atoms with Crippen LogP contribution in [-0.2, 0) is 16.1 Å². The Labute approximate surface area is 151 Å². The zero-order chi connectivity index (χ0) is 18.9. The minimum absolute atomic E-state index is 0.175. The van der Waals surface area contributed by atoms with Gasteiger partial charge >= 0.3 is 12.0 Å². The van der Waals surface area contributed by atoms with E-state index in [0.29, 0.717) is 16.9 Å². The van der Waals surface area contributed by atoms with Crippen molar-refractivity contribution in [3.05, 3.63) is 65.7 Å². The molecular formula is C19H20N2O5. The molecule has 0 aliphatic heterocycles. The van der Waals surface area contributed by atoms with Crippen molar-refractivity contribution in [2.24, 2.45) is 0 Å². The highest BCUT2D eigenvalue weighted by atomic mass is 16.5. The molecule has 0 aromatic heterocycles. The van der Waals surface area contributed by atoms with Gasteiger partial charge in [0.2, 0.25) is 0 Å². The average molecular weight is 356 g/mol. The van der Waals surface area contributed by atoms with Gasteiger partial charge in [-0.1, -0.05) is 36.4 Å². The first-order chi connectivity index (χ1) is 12.5. The molecule has 136 valence electrons. The van der Waals surface area contributed by atoms with Crippen molar-refractivity contribution >= 4 is 17.9 Å². The van der Waals surface area contributed by atoms with Gasteiger partial charge in [0.05, 0.1) is 5.56 Å². The summed E-state index contributed by atoms with van der Waals surface area (Å²) in [4.78, 5) is 35.3. The number of ether oxygens (including phenoxy) is 2. The number of hydrogen-bond donors (Lipinski definition) is 2. The molecule has 0 spiro atoms. The van der Waals surface area contributed by atoms with Gasteiger partial charge in [-0.25, -0.2) is 9.59 Å². The van der Waals surface area contributed by atoms with E-state index in [4.69, 9.17) is 9.47 Å². The minimum Gasteiger partial charge on any atom is -0.489 e. The molecule has 1 atom stereocenters. The summed E-state index contributed by atoms with van der Waals surface area (Å²) in [6.45, 7) is 1.56. The van der Waals surface area contributed by atoms with Gasteiger partial charge in [-0.15, -0.1) is 0 Å². The fourth-order valence-electron chi connectivity index (χ4n) is 2.08. The normalized spacial score (nSPS) is 11.2. The van der Waals surface area contributed by atoms with Crippen LogP contribution in [0.4, 0.5) is 4.79 Å². The first kappa shape index (κ1) is 19.0. The summed E-state index contributed by atoms with van der Waals surface area (Å²) in [5.41, 5.74) is 0.920. The smallest absolute Gasteiger partial charge is 0.339 e. The maximum Gasteiger partial charge on any atom is 0.339 e. The lowest BCUT2D eigenvalue weighted by molar-refractivity contribution is -0.127. The first-order valence-electron chi connectivity index (χ1n) is 8.00. The number of carbonyl (C=O) groups is 3. The highest BCUT2D eigenvalue weighted by Gasteiger charge is 2.22. The maximum absolute atomic E-state index is 12.4. The van der Waals surface area contributed by atoms with Crippen LogP contribution in [0.25, 0.3) is 0 Å². The summed E-state index contributed by atoms with van der Waals surface area (Å²) in [6.07, 6.45) is -1.12. The zero-order valence-electron chi connectivity index (χ0n) is 14.5. The molecule has 0 aliphatic carbocycles. The monoisotopic (exact) mass is 356 g/mol. The number of para-hydroxylation sites is 1. The fourth-order valence-corrected chi connectivity index (χ4v) is 2.08. The standard InChI is InChI=1S/C19H20N2O5/c1-13(17(22)21-19(24)20-2)26-18(23)16-11-7-6-8-14(16)12-25-15-9-4-3-5-10-15/h3-11,13H,12H2,1-2H3,(H2,20,21,22,24)/t13-/m0/s1. The molecule has 2 rings (SSSR count). The molecule has 0 fully saturated rings. The molecule has 2 aromatic rings. The number of nitrogens with one attached hydrogen (secondary N) is 2. The van der Waals surface area contributed by atoms with Crippen molar-refractivity contribution in [2.45, 2.75) is 19.6 Å². The second-order valence-corrected chi connectivity index (χ2v) is 5.37. The summed E-state index contributed by atoms with van der Waals surface area (Å²) in [5, 5.41) is 4.31. The van der Waals surface area contributed by atoms with Crippen LogP contribution in [-0.4, -0.2) is 31.1 Å². The molecule has 0 aliphatic rings. The molecule has 3 amide bonds. The van der Waals surface area contributed by atoms with Crippen molar-refractivity contribution in [1.29, 1.82) is 0 Å². The van der Waals surface area contributed by atoms with Crippen LogP contribution in [0.15, 0.2) is 54.6 Å². The van der Waals surface area contributed by atoms with Crippen molar-refractivity contribution < 1.29 is 23.9 Å². The fraction of sp³-hybridized carbons (Fsp3) is 0.211. The molecule has 0 radical (unpaired) electrons. The maximum atomic E-state index is 12.4. The first-order valence-corrected chi connectivity index (χ1v) is 8.00. The van der Waals surface area contributed by atoms with E-state index in [2.05, 4.69) is 10.6 Å². The Balaban J connectivity index is 2.02. The summed E-state index contributed by atoms with van der Waals surface area (Å²) in [6, 6.07) is 15.3. The molecule has 0 saturated heterocycles. The van der Waals surface area contributed by atoms with E-state index in [1.54, 1.807) is 24.3 Å². The van der Waals surface area contributed by atoms with Gasteiger partial charge in [0.15, 0.2) is 6.10 Å². The third kappa shape index (κ3) is 5.34. The quantitative estimate of drug-likeness (QED) is 0.775. The molecule has 2 N–H and O–H groups in total. The SMILES string of the molecule is CNC(=O)NC(=O)[C@H](C)OC(=O)c1ccccc1COc1ccccc1. The molecule has 2 aromatic carbocycles. The van der Waals surface area contributed by atoms with Crippen molar-refractivity contribution in [2.75, 3.05) is 7.05 Å². The van der Waals surface area contributed by atoms with E-state index >= 15 is 0 Å². The van der Waals surface area contributed by atoms with Crippen molar-refractivity contribution in [1.82, 2.24) is 10.6 Å². The van der Waals surface area contributed by atoms with Gasteiger partial charge in [0, 0.05) is 12.6 Å². The predicted molar refractivity (Wildman–Crippen MR) is 94.7 cm³/mol. The summed E-state index contributed by atoms with van der Waals surface area (Å²) < 4.78 is 10.8. The Hall–Kier alpha value is -3.35. The van der Waals surface area contributed by atoms with Gasteiger partial charge in [0.1, 0.15) is 12.4 Å². The molecule has 7 heteroatoms. The number of imide groups is 1. The van der Waals surface area contributed by atoms with Gasteiger partial charge in [-0.3, -0.25) is 10.1 Å². The summed E-state index contributed by atoms with van der Waals surface area (Å²) in [7, 11) is 1.38. The van der Waals surface area contributed by atoms with Gasteiger partial charge < -0.3 is 14.8 Å². The Morgan fingerprint density at radius 3 is 2.35 bits per heavy atom. The summed E-state index contributed by atoms with van der Waals surface area (Å²) >= 11 is 0. The van der Waals surface area contributed by atoms with Crippen LogP contribution < -0.4 is 15.4 Å². The second kappa shape index (κ2) is 9.22. The number of benzene rings is 2. The highest BCUT2D eigenvalue weighted by Crippen LogP contribution is 2.16. The van der Waals surface area contributed by atoms with E-state index in [1.165, 1.54) is 14.0 Å². The van der Waals surface area contributed by atoms with Crippen molar-refractivity contribution in [3.63, 3.8) is 0 Å². The lowest BCUT2D eigenvalue weighted by atomic mass is 10.1. The Bertz CT molecular complexity index is 777. The Kier molecular flexibility index (Phi) is 6.73. The van der Waals surface area contributed by atoms with Gasteiger partial charge in [0.25, 0.3) is 5.91 Å². The lowest BCUT2D eigenvalue weighted by Gasteiger charge is -2.15. The van der Waals surface area contributed by atoms with Crippen LogP contribution in [0.3, 0.4) is 0 Å². The molecule has 0 bridgehead atoms. The van der Waals surface area contributed by atoms with E-state index in [1.807, 2.05) is 30.3 Å². The molecule has 0 unspecified atom stereocenters. The van der Waals surface area contributed by atoms with Crippen LogP contribution in [0.5, 0.6) is 5.75 Å². The topological polar surface area (TPSA) is 93.7 Å². The third-order valence-electron chi connectivity index (χ3n) is 3.49. The number of carbonyl (C=O) groups excluding carboxylic acids is 3. The Morgan fingerprint density at radius 1 is 1.00 bits per heavy atom. The van der Waals surface area contributed by atoms with Crippen LogP contribution in [0.1, 0.15) is 22.8 Å². The van der Waals surface area contributed by atoms with Crippen LogP contribution in [0.2, 0.25) is 0 Å². The molecule has 0 heterocycles.